The van der Waals surface area contributed by atoms with E-state index in [4.69, 9.17) is 4.74 Å². The Hall–Kier alpha value is -1.64. The summed E-state index contributed by atoms with van der Waals surface area (Å²) in [6.07, 6.45) is 2.42. The van der Waals surface area contributed by atoms with Crippen LogP contribution in [0.4, 0.5) is 0 Å². The first kappa shape index (κ1) is 17.2. The van der Waals surface area contributed by atoms with Gasteiger partial charge in [-0.15, -0.1) is 0 Å². The molecule has 1 heterocycles. The number of benzene rings is 2. The molecule has 2 nitrogen and oxygen atoms in total. The third-order valence-corrected chi connectivity index (χ3v) is 5.48. The minimum Gasteiger partial charge on any atom is -0.365 e. The van der Waals surface area contributed by atoms with Crippen LogP contribution in [-0.2, 0) is 4.74 Å². The summed E-state index contributed by atoms with van der Waals surface area (Å²) < 4.78 is 6.69. The first-order chi connectivity index (χ1) is 11.5. The van der Waals surface area contributed by atoms with Crippen LogP contribution in [0.25, 0.3) is 0 Å². The number of piperidine rings is 1. The van der Waals surface area contributed by atoms with Gasteiger partial charge in [0.1, 0.15) is 6.10 Å². The maximum Gasteiger partial charge on any atom is 0.108 e. The Labute approximate surface area is 146 Å². The second kappa shape index (κ2) is 7.08. The van der Waals surface area contributed by atoms with Crippen molar-refractivity contribution in [3.63, 3.8) is 0 Å². The standard InChI is InChI=1S/C22H29NO/c1-17-15-20(16-22(2,3)23(17)4)24-21(18-11-7-5-8-12-18)19-13-9-6-10-14-19/h5-14,17,20-21H,15-16H2,1-4H3. The van der Waals surface area contributed by atoms with Gasteiger partial charge in [0.15, 0.2) is 0 Å². The summed E-state index contributed by atoms with van der Waals surface area (Å²) in [4.78, 5) is 2.48. The second-order valence-corrected chi connectivity index (χ2v) is 7.67. The number of hydrogen-bond donors (Lipinski definition) is 0. The van der Waals surface area contributed by atoms with Crippen molar-refractivity contribution >= 4 is 0 Å². The average molecular weight is 323 g/mol. The van der Waals surface area contributed by atoms with Gasteiger partial charge in [-0.2, -0.15) is 0 Å². The Morgan fingerprint density at radius 2 is 1.46 bits per heavy atom. The topological polar surface area (TPSA) is 12.5 Å². The van der Waals surface area contributed by atoms with Gasteiger partial charge in [-0.25, -0.2) is 0 Å². The highest BCUT2D eigenvalue weighted by Crippen LogP contribution is 2.36. The molecule has 0 aliphatic carbocycles. The number of likely N-dealkylation sites (tertiary alicyclic amines) is 1. The van der Waals surface area contributed by atoms with Crippen molar-refractivity contribution in [1.82, 2.24) is 4.90 Å². The quantitative estimate of drug-likeness (QED) is 0.780. The third-order valence-electron chi connectivity index (χ3n) is 5.48. The molecule has 0 amide bonds. The molecule has 2 atom stereocenters. The Kier molecular flexibility index (Phi) is 5.07. The van der Waals surface area contributed by atoms with E-state index in [0.717, 1.165) is 12.8 Å². The van der Waals surface area contributed by atoms with Crippen LogP contribution in [0.5, 0.6) is 0 Å². The van der Waals surface area contributed by atoms with Crippen LogP contribution in [0.1, 0.15) is 50.8 Å². The maximum atomic E-state index is 6.69. The van der Waals surface area contributed by atoms with Crippen molar-refractivity contribution in [2.45, 2.75) is 57.4 Å². The SMILES string of the molecule is CC1CC(OC(c2ccccc2)c2ccccc2)CC(C)(C)N1C. The first-order valence-electron chi connectivity index (χ1n) is 8.95. The number of rotatable bonds is 4. The normalized spacial score (nSPS) is 24.2. The average Bonchev–Trinajstić information content (AvgIpc) is 2.59. The monoisotopic (exact) mass is 323 g/mol. The Morgan fingerprint density at radius 3 is 1.92 bits per heavy atom. The molecule has 128 valence electrons. The van der Waals surface area contributed by atoms with E-state index in [2.05, 4.69) is 93.4 Å². The molecule has 0 bridgehead atoms. The van der Waals surface area contributed by atoms with Crippen LogP contribution in [0.15, 0.2) is 60.7 Å². The van der Waals surface area contributed by atoms with Gasteiger partial charge in [0.05, 0.1) is 6.10 Å². The van der Waals surface area contributed by atoms with Crippen molar-refractivity contribution in [2.75, 3.05) is 7.05 Å². The highest BCUT2D eigenvalue weighted by atomic mass is 16.5. The Balaban J connectivity index is 1.85. The van der Waals surface area contributed by atoms with Gasteiger partial charge in [0.2, 0.25) is 0 Å². The third kappa shape index (κ3) is 3.71. The van der Waals surface area contributed by atoms with E-state index < -0.39 is 0 Å². The zero-order valence-electron chi connectivity index (χ0n) is 15.3. The van der Waals surface area contributed by atoms with Gasteiger partial charge >= 0.3 is 0 Å². The van der Waals surface area contributed by atoms with E-state index in [0.29, 0.717) is 6.04 Å². The molecule has 0 saturated carbocycles. The fourth-order valence-corrected chi connectivity index (χ4v) is 3.82. The van der Waals surface area contributed by atoms with E-state index in [1.165, 1.54) is 11.1 Å². The van der Waals surface area contributed by atoms with Crippen molar-refractivity contribution < 1.29 is 4.74 Å². The molecule has 0 N–H and O–H groups in total. The Morgan fingerprint density at radius 1 is 0.958 bits per heavy atom. The van der Waals surface area contributed by atoms with Gasteiger partial charge < -0.3 is 4.74 Å². The first-order valence-corrected chi connectivity index (χ1v) is 8.95. The summed E-state index contributed by atoms with van der Waals surface area (Å²) in [7, 11) is 2.23. The molecule has 2 unspecified atom stereocenters. The van der Waals surface area contributed by atoms with Gasteiger partial charge in [-0.1, -0.05) is 60.7 Å². The van der Waals surface area contributed by atoms with Crippen LogP contribution in [-0.4, -0.2) is 29.6 Å². The molecule has 2 aromatic rings. The summed E-state index contributed by atoms with van der Waals surface area (Å²) in [5, 5.41) is 0. The van der Waals surface area contributed by atoms with Gasteiger partial charge in [0, 0.05) is 11.6 Å². The summed E-state index contributed by atoms with van der Waals surface area (Å²) in [6, 6.07) is 21.7. The molecule has 2 aromatic carbocycles. The van der Waals surface area contributed by atoms with Crippen LogP contribution in [0.2, 0.25) is 0 Å². The van der Waals surface area contributed by atoms with E-state index in [9.17, 15) is 0 Å². The van der Waals surface area contributed by atoms with Crippen molar-refractivity contribution in [2.24, 2.45) is 0 Å². The van der Waals surface area contributed by atoms with E-state index in [1.54, 1.807) is 0 Å². The van der Waals surface area contributed by atoms with E-state index >= 15 is 0 Å². The molecule has 1 aliphatic rings. The maximum absolute atomic E-state index is 6.69. The minimum atomic E-state index is 0.00352. The molecule has 1 aliphatic heterocycles. The lowest BCUT2D eigenvalue weighted by atomic mass is 9.85. The molecule has 1 fully saturated rings. The predicted octanol–water partition coefficient (Wildman–Crippen LogP) is 5.05. The van der Waals surface area contributed by atoms with Gasteiger partial charge in [-0.05, 0) is 51.8 Å². The second-order valence-electron chi connectivity index (χ2n) is 7.67. The van der Waals surface area contributed by atoms with Crippen LogP contribution >= 0.6 is 0 Å². The van der Waals surface area contributed by atoms with E-state index in [1.807, 2.05) is 0 Å². The van der Waals surface area contributed by atoms with Gasteiger partial charge in [-0.3, -0.25) is 4.90 Å². The summed E-state index contributed by atoms with van der Waals surface area (Å²) in [5.74, 6) is 0. The highest BCUT2D eigenvalue weighted by Gasteiger charge is 2.38. The zero-order valence-corrected chi connectivity index (χ0v) is 15.3. The number of hydrogen-bond acceptors (Lipinski definition) is 2. The van der Waals surface area contributed by atoms with E-state index in [-0.39, 0.29) is 17.7 Å². The number of nitrogens with zero attached hydrogens (tertiary/aromatic N) is 1. The summed E-state index contributed by atoms with van der Waals surface area (Å²) >= 11 is 0. The summed E-state index contributed by atoms with van der Waals surface area (Å²) in [6.45, 7) is 6.94. The highest BCUT2D eigenvalue weighted by molar-refractivity contribution is 5.30. The molecule has 0 radical (unpaired) electrons. The fourth-order valence-electron chi connectivity index (χ4n) is 3.82. The van der Waals surface area contributed by atoms with Crippen LogP contribution in [0, 0.1) is 0 Å². The zero-order chi connectivity index (χ0) is 17.2. The van der Waals surface area contributed by atoms with Gasteiger partial charge in [0.25, 0.3) is 0 Å². The fraction of sp³-hybridized carbons (Fsp3) is 0.455. The lowest BCUT2D eigenvalue weighted by molar-refractivity contribution is -0.0784. The molecule has 0 aromatic heterocycles. The summed E-state index contributed by atoms with van der Waals surface area (Å²) in [5.41, 5.74) is 2.63. The van der Waals surface area contributed by atoms with Crippen LogP contribution < -0.4 is 0 Å². The van der Waals surface area contributed by atoms with Crippen LogP contribution in [0.3, 0.4) is 0 Å². The molecular formula is C22H29NO. The minimum absolute atomic E-state index is 0.00352. The molecule has 0 spiro atoms. The van der Waals surface area contributed by atoms with Crippen molar-refractivity contribution in [3.05, 3.63) is 71.8 Å². The van der Waals surface area contributed by atoms with Crippen molar-refractivity contribution in [1.29, 1.82) is 0 Å². The molecule has 2 heteroatoms. The molecule has 1 saturated heterocycles. The molecule has 24 heavy (non-hydrogen) atoms. The Bertz CT molecular complexity index is 598. The largest absolute Gasteiger partial charge is 0.365 e. The number of ether oxygens (including phenoxy) is 1. The molecule has 3 rings (SSSR count). The molecular weight excluding hydrogens is 294 g/mol. The predicted molar refractivity (Wildman–Crippen MR) is 100 cm³/mol. The smallest absolute Gasteiger partial charge is 0.108 e. The van der Waals surface area contributed by atoms with Crippen molar-refractivity contribution in [3.8, 4) is 0 Å². The lowest BCUT2D eigenvalue weighted by Gasteiger charge is -2.48. The lowest BCUT2D eigenvalue weighted by Crippen LogP contribution is -2.54.